The van der Waals surface area contributed by atoms with E-state index in [0.29, 0.717) is 40.2 Å². The predicted molar refractivity (Wildman–Crippen MR) is 116 cm³/mol. The molecule has 2 aromatic heterocycles. The molecule has 0 radical (unpaired) electrons. The van der Waals surface area contributed by atoms with E-state index in [0.717, 1.165) is 16.5 Å². The van der Waals surface area contributed by atoms with Gasteiger partial charge in [-0.15, -0.1) is 0 Å². The number of carboxylic acid groups (broad SMARTS) is 1. The van der Waals surface area contributed by atoms with Crippen LogP contribution in [0, 0.1) is 20.8 Å². The van der Waals surface area contributed by atoms with Gasteiger partial charge in [-0.1, -0.05) is 30.3 Å². The van der Waals surface area contributed by atoms with Gasteiger partial charge in [-0.2, -0.15) is 0 Å². The molecule has 0 amide bonds. The molecular formula is C25H22O6. The molecule has 0 saturated carbocycles. The van der Waals surface area contributed by atoms with Gasteiger partial charge in [0.05, 0.1) is 0 Å². The van der Waals surface area contributed by atoms with Crippen molar-refractivity contribution in [2.45, 2.75) is 33.8 Å². The highest BCUT2D eigenvalue weighted by Gasteiger charge is 2.17. The van der Waals surface area contributed by atoms with Gasteiger partial charge in [0, 0.05) is 28.5 Å². The normalized spacial score (nSPS) is 11.1. The Kier molecular flexibility index (Phi) is 5.38. The predicted octanol–water partition coefficient (Wildman–Crippen LogP) is 5.18. The van der Waals surface area contributed by atoms with E-state index in [4.69, 9.17) is 18.7 Å². The van der Waals surface area contributed by atoms with Gasteiger partial charge in [0.1, 0.15) is 23.7 Å². The molecule has 0 fully saturated rings. The van der Waals surface area contributed by atoms with E-state index < -0.39 is 5.97 Å². The number of fused-ring (bicyclic) bond motifs is 1. The lowest BCUT2D eigenvalue weighted by molar-refractivity contribution is 0.0661. The van der Waals surface area contributed by atoms with Crippen LogP contribution in [-0.2, 0) is 13.0 Å². The van der Waals surface area contributed by atoms with Crippen LogP contribution in [0.4, 0.5) is 0 Å². The summed E-state index contributed by atoms with van der Waals surface area (Å²) in [5.41, 5.74) is 4.07. The number of ether oxygens (including phenoxy) is 1. The van der Waals surface area contributed by atoms with Crippen LogP contribution in [-0.4, -0.2) is 11.1 Å². The fourth-order valence-electron chi connectivity index (χ4n) is 3.66. The number of aromatic carboxylic acids is 1. The summed E-state index contributed by atoms with van der Waals surface area (Å²) >= 11 is 0. The summed E-state index contributed by atoms with van der Waals surface area (Å²) in [5, 5.41) is 9.93. The van der Waals surface area contributed by atoms with Gasteiger partial charge >= 0.3 is 11.6 Å². The highest BCUT2D eigenvalue weighted by atomic mass is 16.5. The van der Waals surface area contributed by atoms with Crippen molar-refractivity contribution in [1.82, 2.24) is 0 Å². The minimum atomic E-state index is -1.13. The molecule has 0 unspecified atom stereocenters. The average molecular weight is 418 g/mol. The number of carboxylic acids is 1. The molecule has 158 valence electrons. The van der Waals surface area contributed by atoms with E-state index in [1.807, 2.05) is 56.3 Å². The molecule has 2 heterocycles. The molecule has 0 aliphatic heterocycles. The van der Waals surface area contributed by atoms with Crippen molar-refractivity contribution in [2.75, 3.05) is 0 Å². The molecular weight excluding hydrogens is 396 g/mol. The van der Waals surface area contributed by atoms with Gasteiger partial charge in [0.2, 0.25) is 5.76 Å². The number of aryl methyl sites for hydroxylation is 3. The summed E-state index contributed by atoms with van der Waals surface area (Å²) in [7, 11) is 0. The average Bonchev–Trinajstić information content (AvgIpc) is 3.13. The molecule has 4 rings (SSSR count). The maximum atomic E-state index is 12.7. The summed E-state index contributed by atoms with van der Waals surface area (Å²) in [6, 6.07) is 15.0. The topological polar surface area (TPSA) is 89.9 Å². The molecule has 6 heteroatoms. The third-order valence-corrected chi connectivity index (χ3v) is 5.49. The number of hydrogen-bond acceptors (Lipinski definition) is 5. The Bertz CT molecular complexity index is 1330. The SMILES string of the molecule is Cc1oc(C(=O)O)cc1COc1ccc2c(C)c(Cc3ccccc3)c(=O)oc2c1C. The zero-order valence-electron chi connectivity index (χ0n) is 17.5. The highest BCUT2D eigenvalue weighted by molar-refractivity contribution is 5.86. The third kappa shape index (κ3) is 3.97. The van der Waals surface area contributed by atoms with Gasteiger partial charge < -0.3 is 18.7 Å². The molecule has 6 nitrogen and oxygen atoms in total. The Morgan fingerprint density at radius 2 is 1.74 bits per heavy atom. The first-order valence-electron chi connectivity index (χ1n) is 9.90. The van der Waals surface area contributed by atoms with Crippen molar-refractivity contribution in [3.8, 4) is 5.75 Å². The zero-order valence-corrected chi connectivity index (χ0v) is 17.5. The molecule has 0 spiro atoms. The number of hydrogen-bond donors (Lipinski definition) is 1. The summed E-state index contributed by atoms with van der Waals surface area (Å²) in [6.45, 7) is 5.60. The van der Waals surface area contributed by atoms with Crippen molar-refractivity contribution < 1.29 is 23.5 Å². The second-order valence-electron chi connectivity index (χ2n) is 7.51. The van der Waals surface area contributed by atoms with Gasteiger partial charge in [-0.05, 0) is 50.1 Å². The van der Waals surface area contributed by atoms with Crippen LogP contribution >= 0.6 is 0 Å². The Morgan fingerprint density at radius 3 is 2.42 bits per heavy atom. The molecule has 0 aliphatic carbocycles. The van der Waals surface area contributed by atoms with Crippen LogP contribution in [0.2, 0.25) is 0 Å². The largest absolute Gasteiger partial charge is 0.488 e. The highest BCUT2D eigenvalue weighted by Crippen LogP contribution is 2.31. The first-order valence-corrected chi connectivity index (χ1v) is 9.90. The van der Waals surface area contributed by atoms with Crippen LogP contribution in [0.15, 0.2) is 62.2 Å². The lowest BCUT2D eigenvalue weighted by atomic mass is 9.98. The van der Waals surface area contributed by atoms with Crippen LogP contribution in [0.25, 0.3) is 11.0 Å². The number of carbonyl (C=O) groups is 1. The van der Waals surface area contributed by atoms with E-state index in [-0.39, 0.29) is 18.0 Å². The number of rotatable bonds is 6. The summed E-state index contributed by atoms with van der Waals surface area (Å²) in [4.78, 5) is 23.8. The lowest BCUT2D eigenvalue weighted by Crippen LogP contribution is -2.11. The smallest absolute Gasteiger partial charge is 0.371 e. The molecule has 31 heavy (non-hydrogen) atoms. The molecule has 0 bridgehead atoms. The fraction of sp³-hybridized carbons (Fsp3) is 0.200. The summed E-state index contributed by atoms with van der Waals surface area (Å²) in [6.07, 6.45) is 0.508. The number of furan rings is 1. The standard InChI is InChI=1S/C25H22O6/c1-14-19-9-10-21(29-13-18-12-22(24(26)27)30-16(18)3)15(2)23(19)31-25(28)20(14)11-17-7-5-4-6-8-17/h4-10,12H,11,13H2,1-3H3,(H,26,27). The zero-order chi connectivity index (χ0) is 22.1. The van der Waals surface area contributed by atoms with Gasteiger partial charge in [-0.25, -0.2) is 9.59 Å². The Labute approximate surface area is 178 Å². The van der Waals surface area contributed by atoms with E-state index in [1.165, 1.54) is 6.07 Å². The first kappa shape index (κ1) is 20.5. The van der Waals surface area contributed by atoms with Gasteiger partial charge in [-0.3, -0.25) is 0 Å². The van der Waals surface area contributed by atoms with E-state index >= 15 is 0 Å². The van der Waals surface area contributed by atoms with Crippen molar-refractivity contribution in [3.63, 3.8) is 0 Å². The molecule has 2 aromatic carbocycles. The van der Waals surface area contributed by atoms with Crippen molar-refractivity contribution in [2.24, 2.45) is 0 Å². The number of benzene rings is 2. The second kappa shape index (κ2) is 8.14. The minimum Gasteiger partial charge on any atom is -0.488 e. The van der Waals surface area contributed by atoms with Crippen LogP contribution in [0.1, 0.15) is 44.1 Å². The maximum Gasteiger partial charge on any atom is 0.371 e. The van der Waals surface area contributed by atoms with Crippen molar-refractivity contribution >= 4 is 16.9 Å². The van der Waals surface area contributed by atoms with E-state index in [2.05, 4.69) is 0 Å². The van der Waals surface area contributed by atoms with E-state index in [1.54, 1.807) is 6.92 Å². The van der Waals surface area contributed by atoms with Crippen molar-refractivity contribution in [1.29, 1.82) is 0 Å². The van der Waals surface area contributed by atoms with E-state index in [9.17, 15) is 9.59 Å². The maximum absolute atomic E-state index is 12.7. The minimum absolute atomic E-state index is 0.126. The van der Waals surface area contributed by atoms with Gasteiger partial charge in [0.15, 0.2) is 0 Å². The van der Waals surface area contributed by atoms with Crippen LogP contribution in [0.3, 0.4) is 0 Å². The Hall–Kier alpha value is -3.80. The fourth-order valence-corrected chi connectivity index (χ4v) is 3.66. The van der Waals surface area contributed by atoms with Crippen LogP contribution in [0.5, 0.6) is 5.75 Å². The third-order valence-electron chi connectivity index (χ3n) is 5.49. The molecule has 1 N–H and O–H groups in total. The Morgan fingerprint density at radius 1 is 1.00 bits per heavy atom. The summed E-state index contributed by atoms with van der Waals surface area (Å²) in [5.74, 6) is -0.203. The van der Waals surface area contributed by atoms with Gasteiger partial charge in [0.25, 0.3) is 0 Å². The monoisotopic (exact) mass is 418 g/mol. The molecule has 4 aromatic rings. The second-order valence-corrected chi connectivity index (χ2v) is 7.51. The lowest BCUT2D eigenvalue weighted by Gasteiger charge is -2.13. The molecule has 0 atom stereocenters. The molecule has 0 saturated heterocycles. The first-order chi connectivity index (χ1) is 14.8. The quantitative estimate of drug-likeness (QED) is 0.434. The summed E-state index contributed by atoms with van der Waals surface area (Å²) < 4.78 is 16.8. The Balaban J connectivity index is 1.65. The molecule has 0 aliphatic rings. The van der Waals surface area contributed by atoms with Crippen molar-refractivity contribution in [3.05, 3.63) is 98.3 Å². The van der Waals surface area contributed by atoms with Crippen LogP contribution < -0.4 is 10.4 Å².